The Kier molecular flexibility index (Phi) is 5.51. The van der Waals surface area contributed by atoms with Crippen molar-refractivity contribution in [3.63, 3.8) is 0 Å². The molecule has 0 aliphatic heterocycles. The highest BCUT2D eigenvalue weighted by atomic mass is 32.1. The molecule has 2 aromatic heterocycles. The van der Waals surface area contributed by atoms with Gasteiger partial charge in [-0.15, -0.1) is 22.7 Å². The fourth-order valence-corrected chi connectivity index (χ4v) is 7.99. The minimum Gasteiger partial charge on any atom is -0.301 e. The van der Waals surface area contributed by atoms with Crippen molar-refractivity contribution in [2.24, 2.45) is 5.41 Å². The number of fused-ring (bicyclic) bond motifs is 1. The van der Waals surface area contributed by atoms with Crippen LogP contribution in [0.1, 0.15) is 52.9 Å². The van der Waals surface area contributed by atoms with Crippen molar-refractivity contribution in [3.8, 4) is 16.6 Å². The fourth-order valence-electron chi connectivity index (χ4n) is 6.46. The third kappa shape index (κ3) is 3.67. The molecule has 0 saturated carbocycles. The SMILES string of the molecule is CC1(C(=O)Nc2nc(Cc3csc(-c4ccccc4)n3)cs2)CC2(C#N)c3ccccc3C1c1ccccc12. The molecule has 2 heterocycles. The van der Waals surface area contributed by atoms with Gasteiger partial charge in [-0.3, -0.25) is 4.79 Å². The second-order valence-corrected chi connectivity index (χ2v) is 12.2. The van der Waals surface area contributed by atoms with Crippen molar-refractivity contribution in [1.82, 2.24) is 9.97 Å². The molecular weight excluding hydrogens is 521 g/mol. The van der Waals surface area contributed by atoms with Gasteiger partial charge in [-0.25, -0.2) is 9.97 Å². The van der Waals surface area contributed by atoms with Crippen LogP contribution in [0.3, 0.4) is 0 Å². The predicted molar refractivity (Wildman–Crippen MR) is 155 cm³/mol. The molecule has 1 N–H and O–H groups in total. The van der Waals surface area contributed by atoms with Crippen LogP contribution in [0.2, 0.25) is 0 Å². The number of anilines is 1. The molecule has 7 heteroatoms. The maximum atomic E-state index is 14.0. The number of nitriles is 1. The molecule has 1 amide bonds. The van der Waals surface area contributed by atoms with Gasteiger partial charge in [0.15, 0.2) is 5.13 Å². The summed E-state index contributed by atoms with van der Waals surface area (Å²) in [5.41, 5.74) is 5.47. The van der Waals surface area contributed by atoms with Gasteiger partial charge in [0.05, 0.1) is 22.9 Å². The number of hydrogen-bond acceptors (Lipinski definition) is 6. The summed E-state index contributed by atoms with van der Waals surface area (Å²) >= 11 is 3.05. The van der Waals surface area contributed by atoms with Crippen LogP contribution in [0, 0.1) is 16.7 Å². The molecule has 0 radical (unpaired) electrons. The first-order chi connectivity index (χ1) is 19.0. The molecule has 5 aromatic rings. The van der Waals surface area contributed by atoms with Crippen LogP contribution in [0.15, 0.2) is 89.6 Å². The summed E-state index contributed by atoms with van der Waals surface area (Å²) in [6.45, 7) is 2.00. The molecule has 0 saturated heterocycles. The summed E-state index contributed by atoms with van der Waals surface area (Å²) in [5, 5.41) is 19.3. The number of hydrogen-bond donors (Lipinski definition) is 1. The van der Waals surface area contributed by atoms with Crippen molar-refractivity contribution in [1.29, 1.82) is 5.26 Å². The van der Waals surface area contributed by atoms with E-state index in [1.165, 1.54) is 11.3 Å². The van der Waals surface area contributed by atoms with Gasteiger partial charge in [0.1, 0.15) is 10.4 Å². The van der Waals surface area contributed by atoms with Gasteiger partial charge in [-0.2, -0.15) is 5.26 Å². The van der Waals surface area contributed by atoms with Crippen molar-refractivity contribution in [2.75, 3.05) is 5.32 Å². The third-order valence-corrected chi connectivity index (χ3v) is 9.90. The molecule has 1 unspecified atom stereocenters. The molecule has 8 rings (SSSR count). The van der Waals surface area contributed by atoms with E-state index in [0.717, 1.165) is 44.2 Å². The van der Waals surface area contributed by atoms with Gasteiger partial charge in [-0.05, 0) is 35.6 Å². The summed E-state index contributed by atoms with van der Waals surface area (Å²) in [6, 6.07) is 29.0. The van der Waals surface area contributed by atoms with E-state index in [1.807, 2.05) is 66.9 Å². The van der Waals surface area contributed by atoms with E-state index < -0.39 is 10.8 Å². The first-order valence-corrected chi connectivity index (χ1v) is 14.6. The van der Waals surface area contributed by atoms with Gasteiger partial charge < -0.3 is 5.32 Å². The van der Waals surface area contributed by atoms with Crippen LogP contribution in [0.25, 0.3) is 10.6 Å². The number of carbonyl (C=O) groups is 1. The number of amides is 1. The summed E-state index contributed by atoms with van der Waals surface area (Å²) in [4.78, 5) is 23.5. The Morgan fingerprint density at radius 3 is 2.23 bits per heavy atom. The molecular formula is C32H24N4OS2. The summed E-state index contributed by atoms with van der Waals surface area (Å²) in [5.74, 6) is -0.233. The van der Waals surface area contributed by atoms with E-state index in [-0.39, 0.29) is 11.8 Å². The average molecular weight is 545 g/mol. The Bertz CT molecular complexity index is 1720. The summed E-state index contributed by atoms with van der Waals surface area (Å²) in [6.07, 6.45) is 1.04. The van der Waals surface area contributed by atoms with Crippen molar-refractivity contribution in [3.05, 3.63) is 123 Å². The maximum Gasteiger partial charge on any atom is 0.233 e. The Morgan fingerprint density at radius 2 is 1.54 bits per heavy atom. The maximum absolute atomic E-state index is 14.0. The van der Waals surface area contributed by atoms with E-state index in [4.69, 9.17) is 9.97 Å². The molecule has 190 valence electrons. The zero-order valence-corrected chi connectivity index (χ0v) is 22.9. The van der Waals surface area contributed by atoms with Crippen LogP contribution < -0.4 is 5.32 Å². The predicted octanol–water partition coefficient (Wildman–Crippen LogP) is 7.16. The van der Waals surface area contributed by atoms with Gasteiger partial charge >= 0.3 is 0 Å². The molecule has 0 spiro atoms. The monoisotopic (exact) mass is 544 g/mol. The van der Waals surface area contributed by atoms with Gasteiger partial charge in [0.25, 0.3) is 0 Å². The van der Waals surface area contributed by atoms with Crippen molar-refractivity contribution >= 4 is 33.7 Å². The zero-order valence-electron chi connectivity index (χ0n) is 21.2. The molecule has 5 nitrogen and oxygen atoms in total. The highest BCUT2D eigenvalue weighted by Crippen LogP contribution is 2.63. The number of thiazole rings is 2. The topological polar surface area (TPSA) is 78.7 Å². The van der Waals surface area contributed by atoms with Crippen LogP contribution in [0.4, 0.5) is 5.13 Å². The Balaban J connectivity index is 1.16. The molecule has 3 aromatic carbocycles. The zero-order chi connectivity index (χ0) is 26.6. The average Bonchev–Trinajstić information content (AvgIpc) is 3.63. The van der Waals surface area contributed by atoms with Gasteiger partial charge in [0, 0.05) is 28.7 Å². The number of benzene rings is 3. The number of rotatable bonds is 5. The Morgan fingerprint density at radius 1 is 0.923 bits per heavy atom. The highest BCUT2D eigenvalue weighted by molar-refractivity contribution is 7.14. The summed E-state index contributed by atoms with van der Waals surface area (Å²) in [7, 11) is 0. The van der Waals surface area contributed by atoms with Crippen LogP contribution in [0.5, 0.6) is 0 Å². The minimum atomic E-state index is -0.858. The number of carbonyl (C=O) groups excluding carboxylic acids is 1. The van der Waals surface area contributed by atoms with E-state index in [0.29, 0.717) is 18.0 Å². The Hall–Kier alpha value is -4.12. The third-order valence-electron chi connectivity index (χ3n) is 8.15. The number of aromatic nitrogens is 2. The lowest BCUT2D eigenvalue weighted by atomic mass is 9.47. The minimum absolute atomic E-state index is 0.1000. The van der Waals surface area contributed by atoms with Crippen molar-refractivity contribution in [2.45, 2.75) is 31.1 Å². The van der Waals surface area contributed by atoms with Crippen LogP contribution in [-0.4, -0.2) is 15.9 Å². The van der Waals surface area contributed by atoms with Crippen LogP contribution in [-0.2, 0) is 16.6 Å². The smallest absolute Gasteiger partial charge is 0.233 e. The lowest BCUT2D eigenvalue weighted by Crippen LogP contribution is -2.53. The first-order valence-electron chi connectivity index (χ1n) is 12.9. The van der Waals surface area contributed by atoms with Crippen LogP contribution >= 0.6 is 22.7 Å². The van der Waals surface area contributed by atoms with Gasteiger partial charge in [0.2, 0.25) is 5.91 Å². The second kappa shape index (κ2) is 8.98. The summed E-state index contributed by atoms with van der Waals surface area (Å²) < 4.78 is 0. The lowest BCUT2D eigenvalue weighted by Gasteiger charge is -2.54. The second-order valence-electron chi connectivity index (χ2n) is 10.5. The van der Waals surface area contributed by atoms with Crippen molar-refractivity contribution < 1.29 is 4.79 Å². The van der Waals surface area contributed by atoms with E-state index in [1.54, 1.807) is 11.3 Å². The Labute approximate surface area is 234 Å². The first kappa shape index (κ1) is 24.0. The largest absolute Gasteiger partial charge is 0.301 e. The van der Waals surface area contributed by atoms with E-state index in [9.17, 15) is 10.1 Å². The molecule has 1 atom stereocenters. The quantitative estimate of drug-likeness (QED) is 0.255. The number of nitrogens with zero attached hydrogens (tertiary/aromatic N) is 3. The number of nitrogens with one attached hydrogen (secondary N) is 1. The highest BCUT2D eigenvalue weighted by Gasteiger charge is 2.61. The molecule has 3 aliphatic rings. The lowest BCUT2D eigenvalue weighted by molar-refractivity contribution is -0.127. The fraction of sp³-hybridized carbons (Fsp3) is 0.188. The molecule has 39 heavy (non-hydrogen) atoms. The standard InChI is InChI=1S/C32H24N4OS2/c1-31(18-32(19-33)25-13-7-5-11-23(25)27(31)24-12-6-8-14-26(24)32)29(37)36-30-35-22(17-39-30)15-21-16-38-28(34-21)20-9-3-2-4-10-20/h2-14,16-17,27H,15,18H2,1H3,(H,35,36,37). The molecule has 2 bridgehead atoms. The molecule has 3 aliphatic carbocycles. The van der Waals surface area contributed by atoms with E-state index in [2.05, 4.69) is 41.0 Å². The van der Waals surface area contributed by atoms with E-state index >= 15 is 0 Å². The van der Waals surface area contributed by atoms with Gasteiger partial charge in [-0.1, -0.05) is 78.9 Å². The normalized spacial score (nSPS) is 22.5. The molecule has 0 fully saturated rings.